The third-order valence-electron chi connectivity index (χ3n) is 2.42. The minimum Gasteiger partial charge on any atom is -0.399 e. The summed E-state index contributed by atoms with van der Waals surface area (Å²) in [5.74, 6) is -0.435. The molecule has 0 N–H and O–H groups in total. The van der Waals surface area contributed by atoms with Crippen LogP contribution in [0.1, 0.15) is 20.8 Å². The molecule has 114 valence electrons. The number of hydrogen-bond acceptors (Lipinski definition) is 6. The van der Waals surface area contributed by atoms with Crippen molar-refractivity contribution in [2.75, 3.05) is 34.3 Å². The molecule has 0 bridgehead atoms. The predicted molar refractivity (Wildman–Crippen MR) is 75.6 cm³/mol. The lowest BCUT2D eigenvalue weighted by Gasteiger charge is -2.16. The van der Waals surface area contributed by atoms with Gasteiger partial charge in [-0.25, -0.2) is 4.79 Å². The summed E-state index contributed by atoms with van der Waals surface area (Å²) in [4.78, 5) is 35.7. The number of carbonyl (C=O) groups is 2. The van der Waals surface area contributed by atoms with Gasteiger partial charge in [0, 0.05) is 27.2 Å². The van der Waals surface area contributed by atoms with Gasteiger partial charge >= 0.3 is 6.09 Å². The fourth-order valence-corrected chi connectivity index (χ4v) is 1.28. The van der Waals surface area contributed by atoms with Gasteiger partial charge in [-0.3, -0.25) is 9.63 Å². The highest BCUT2D eigenvalue weighted by Crippen LogP contribution is 1.98. The molecule has 20 heavy (non-hydrogen) atoms. The topological polar surface area (TPSA) is 83.8 Å². The SMILES string of the molecule is CCN(CC)C(=O)ON=C(C(=O)N(C)C)C(C)=NOC. The highest BCUT2D eigenvalue weighted by molar-refractivity contribution is 6.66. The van der Waals surface area contributed by atoms with Crippen LogP contribution in [0.25, 0.3) is 0 Å². The zero-order valence-corrected chi connectivity index (χ0v) is 12.8. The Morgan fingerprint density at radius 2 is 1.65 bits per heavy atom. The highest BCUT2D eigenvalue weighted by atomic mass is 16.7. The first-order valence-corrected chi connectivity index (χ1v) is 6.22. The van der Waals surface area contributed by atoms with Crippen LogP contribution in [-0.4, -0.2) is 67.5 Å². The average Bonchev–Trinajstić information content (AvgIpc) is 2.40. The first kappa shape index (κ1) is 17.9. The summed E-state index contributed by atoms with van der Waals surface area (Å²) in [6.07, 6.45) is -0.621. The lowest BCUT2D eigenvalue weighted by atomic mass is 10.2. The number of nitrogens with zero attached hydrogens (tertiary/aromatic N) is 4. The van der Waals surface area contributed by atoms with Crippen molar-refractivity contribution < 1.29 is 19.3 Å². The van der Waals surface area contributed by atoms with E-state index in [0.717, 1.165) is 0 Å². The van der Waals surface area contributed by atoms with Crippen LogP contribution in [0.15, 0.2) is 10.3 Å². The molecule has 0 aliphatic heterocycles. The van der Waals surface area contributed by atoms with E-state index in [1.165, 1.54) is 23.8 Å². The Kier molecular flexibility index (Phi) is 7.95. The van der Waals surface area contributed by atoms with Crippen molar-refractivity contribution in [1.29, 1.82) is 0 Å². The molecule has 0 aliphatic carbocycles. The maximum Gasteiger partial charge on any atom is 0.435 e. The van der Waals surface area contributed by atoms with Crippen molar-refractivity contribution in [3.05, 3.63) is 0 Å². The minimum absolute atomic E-state index is 0.0858. The van der Waals surface area contributed by atoms with Crippen molar-refractivity contribution in [2.24, 2.45) is 10.3 Å². The number of carbonyl (C=O) groups excluding carboxylic acids is 2. The molecule has 0 atom stereocenters. The van der Waals surface area contributed by atoms with E-state index in [1.54, 1.807) is 14.1 Å². The molecule has 0 unspecified atom stereocenters. The molecule has 0 saturated carbocycles. The largest absolute Gasteiger partial charge is 0.435 e. The first-order chi connectivity index (χ1) is 9.38. The summed E-state index contributed by atoms with van der Waals surface area (Å²) >= 11 is 0. The van der Waals surface area contributed by atoms with Gasteiger partial charge in [0.05, 0.1) is 0 Å². The molecule has 8 heteroatoms. The Morgan fingerprint density at radius 1 is 1.10 bits per heavy atom. The summed E-state index contributed by atoms with van der Waals surface area (Å²) in [5.41, 5.74) is 0.135. The van der Waals surface area contributed by atoms with Crippen molar-refractivity contribution in [3.63, 3.8) is 0 Å². The Balaban J connectivity index is 5.14. The molecule has 0 spiro atoms. The molecule has 0 rings (SSSR count). The second kappa shape index (κ2) is 8.89. The number of rotatable bonds is 6. The summed E-state index contributed by atoms with van der Waals surface area (Å²) in [5, 5.41) is 7.23. The van der Waals surface area contributed by atoms with Crippen LogP contribution in [0.5, 0.6) is 0 Å². The number of hydrogen-bond donors (Lipinski definition) is 0. The zero-order valence-electron chi connectivity index (χ0n) is 12.8. The molecule has 8 nitrogen and oxygen atoms in total. The van der Waals surface area contributed by atoms with Crippen LogP contribution in [0.2, 0.25) is 0 Å². The summed E-state index contributed by atoms with van der Waals surface area (Å²) in [7, 11) is 4.47. The van der Waals surface area contributed by atoms with Crippen LogP contribution < -0.4 is 0 Å². The Morgan fingerprint density at radius 3 is 2.05 bits per heavy atom. The van der Waals surface area contributed by atoms with E-state index in [9.17, 15) is 9.59 Å². The molecule has 0 aliphatic rings. The molecular weight excluding hydrogens is 264 g/mol. The fraction of sp³-hybridized carbons (Fsp3) is 0.667. The van der Waals surface area contributed by atoms with E-state index >= 15 is 0 Å². The van der Waals surface area contributed by atoms with Gasteiger partial charge in [0.25, 0.3) is 5.91 Å². The Hall–Kier alpha value is -2.12. The normalized spacial score (nSPS) is 11.9. The van der Waals surface area contributed by atoms with E-state index in [2.05, 4.69) is 15.1 Å². The monoisotopic (exact) mass is 286 g/mol. The zero-order chi connectivity index (χ0) is 15.7. The van der Waals surface area contributed by atoms with E-state index in [-0.39, 0.29) is 11.4 Å². The van der Waals surface area contributed by atoms with Crippen LogP contribution in [0.4, 0.5) is 4.79 Å². The maximum atomic E-state index is 11.9. The molecular formula is C12H22N4O4. The molecule has 0 aromatic carbocycles. The van der Waals surface area contributed by atoms with Crippen molar-refractivity contribution in [1.82, 2.24) is 9.80 Å². The molecule has 0 aromatic rings. The lowest BCUT2D eigenvalue weighted by molar-refractivity contribution is -0.121. The second-order valence-electron chi connectivity index (χ2n) is 4.03. The van der Waals surface area contributed by atoms with Gasteiger partial charge in [-0.1, -0.05) is 10.3 Å². The van der Waals surface area contributed by atoms with Gasteiger partial charge in [-0.2, -0.15) is 0 Å². The minimum atomic E-state index is -0.621. The van der Waals surface area contributed by atoms with Gasteiger partial charge in [0.1, 0.15) is 12.8 Å². The van der Waals surface area contributed by atoms with Gasteiger partial charge in [-0.05, 0) is 20.8 Å². The molecule has 2 amide bonds. The van der Waals surface area contributed by atoms with Crippen molar-refractivity contribution >= 4 is 23.4 Å². The van der Waals surface area contributed by atoms with E-state index < -0.39 is 12.0 Å². The highest BCUT2D eigenvalue weighted by Gasteiger charge is 2.20. The lowest BCUT2D eigenvalue weighted by Crippen LogP contribution is -2.35. The standard InChI is InChI=1S/C12H22N4O4/c1-7-16(8-2)12(18)20-14-10(9(3)13-19-6)11(17)15(4)5/h7-8H2,1-6H3. The number of oxime groups is 2. The molecule has 0 aromatic heterocycles. The summed E-state index contributed by atoms with van der Waals surface area (Å²) in [6, 6.07) is 0. The van der Waals surface area contributed by atoms with Gasteiger partial charge < -0.3 is 14.6 Å². The van der Waals surface area contributed by atoms with Gasteiger partial charge in [-0.15, -0.1) is 0 Å². The second-order valence-corrected chi connectivity index (χ2v) is 4.03. The van der Waals surface area contributed by atoms with E-state index in [0.29, 0.717) is 13.1 Å². The van der Waals surface area contributed by atoms with E-state index in [1.807, 2.05) is 13.8 Å². The summed E-state index contributed by atoms with van der Waals surface area (Å²) in [6.45, 7) is 6.16. The van der Waals surface area contributed by atoms with Crippen molar-refractivity contribution in [2.45, 2.75) is 20.8 Å². The van der Waals surface area contributed by atoms with Crippen LogP contribution in [0, 0.1) is 0 Å². The van der Waals surface area contributed by atoms with E-state index in [4.69, 9.17) is 4.84 Å². The third-order valence-corrected chi connectivity index (χ3v) is 2.42. The Bertz CT molecular complexity index is 400. The van der Waals surface area contributed by atoms with Gasteiger partial charge in [0.15, 0.2) is 5.71 Å². The van der Waals surface area contributed by atoms with Crippen molar-refractivity contribution in [3.8, 4) is 0 Å². The maximum absolute atomic E-state index is 11.9. The molecule has 0 heterocycles. The number of amides is 2. The average molecular weight is 286 g/mol. The predicted octanol–water partition coefficient (Wildman–Crippen LogP) is 0.931. The molecule has 0 fully saturated rings. The molecule has 0 radical (unpaired) electrons. The third kappa shape index (κ3) is 5.25. The smallest absolute Gasteiger partial charge is 0.399 e. The van der Waals surface area contributed by atoms with Gasteiger partial charge in [0.2, 0.25) is 0 Å². The Labute approximate surface area is 119 Å². The summed E-state index contributed by atoms with van der Waals surface area (Å²) < 4.78 is 0. The van der Waals surface area contributed by atoms with Crippen LogP contribution in [0.3, 0.4) is 0 Å². The fourth-order valence-electron chi connectivity index (χ4n) is 1.28. The first-order valence-electron chi connectivity index (χ1n) is 6.22. The van der Waals surface area contributed by atoms with Crippen LogP contribution >= 0.6 is 0 Å². The molecule has 0 saturated heterocycles. The van der Waals surface area contributed by atoms with Crippen LogP contribution in [-0.2, 0) is 14.5 Å². The quantitative estimate of drug-likeness (QED) is 0.413.